The topological polar surface area (TPSA) is 59.1 Å². The van der Waals surface area contributed by atoms with Gasteiger partial charge in [-0.2, -0.15) is 13.2 Å². The van der Waals surface area contributed by atoms with Crippen LogP contribution < -0.4 is 5.30 Å². The molecule has 0 bridgehead atoms. The van der Waals surface area contributed by atoms with E-state index in [1.807, 2.05) is 30.0 Å². The van der Waals surface area contributed by atoms with Gasteiger partial charge in [0.1, 0.15) is 6.54 Å². The van der Waals surface area contributed by atoms with Gasteiger partial charge in [0.05, 0.1) is 25.7 Å². The first-order chi connectivity index (χ1) is 17.3. The molecule has 1 aliphatic heterocycles. The molecule has 10 heteroatoms. The number of halogens is 3. The lowest BCUT2D eigenvalue weighted by molar-refractivity contribution is -0.234. The van der Waals surface area contributed by atoms with Gasteiger partial charge in [-0.3, -0.25) is 19.1 Å². The molecular formula is C26H30F3N2O4P. The van der Waals surface area contributed by atoms with Crippen LogP contribution in [0.25, 0.3) is 11.1 Å². The standard InChI is InChI=1S/C26H30F3N2O4P/c1-2-3-6-21-22(36-33)10-9-20-18-7-4-5-8-19(18)24(23(20)21)25(32)31(17-26(27,28)29)35-16-13-30-11-14-34-15-12-30/h4-5,7-10,24H,2-3,6,11-17H2,1H3. The molecule has 4 rings (SSSR count). The van der Waals surface area contributed by atoms with Crippen LogP contribution >= 0.6 is 8.46 Å². The SMILES string of the molecule is CCCCc1c(P=O)ccc2c1C(C(=O)N(CC(F)(F)F)OCCN1CCOCC1)c1ccccc1-2. The van der Waals surface area contributed by atoms with Gasteiger partial charge < -0.3 is 4.74 Å². The molecule has 0 saturated carbocycles. The van der Waals surface area contributed by atoms with Crippen molar-refractivity contribution in [2.75, 3.05) is 46.0 Å². The second-order valence-electron chi connectivity index (χ2n) is 9.02. The van der Waals surface area contributed by atoms with Crippen LogP contribution in [-0.2, 0) is 25.4 Å². The molecule has 0 aromatic heterocycles. The second kappa shape index (κ2) is 11.8. The first-order valence-electron chi connectivity index (χ1n) is 12.2. The van der Waals surface area contributed by atoms with Gasteiger partial charge in [0.15, 0.2) is 8.46 Å². The Balaban J connectivity index is 1.69. The van der Waals surface area contributed by atoms with E-state index in [9.17, 15) is 22.5 Å². The molecular weight excluding hydrogens is 492 g/mol. The number of fused-ring (bicyclic) bond motifs is 3. The van der Waals surface area contributed by atoms with Crippen molar-refractivity contribution in [3.05, 3.63) is 53.1 Å². The molecule has 1 heterocycles. The minimum Gasteiger partial charge on any atom is -0.379 e. The monoisotopic (exact) mass is 522 g/mol. The molecule has 0 N–H and O–H groups in total. The molecule has 1 fully saturated rings. The lowest BCUT2D eigenvalue weighted by Gasteiger charge is -2.30. The third-order valence-corrected chi connectivity index (χ3v) is 7.25. The van der Waals surface area contributed by atoms with E-state index in [0.29, 0.717) is 60.8 Å². The summed E-state index contributed by atoms with van der Waals surface area (Å²) in [6.07, 6.45) is -2.36. The molecule has 1 amide bonds. The van der Waals surface area contributed by atoms with Crippen LogP contribution in [0.1, 0.15) is 42.4 Å². The molecule has 0 radical (unpaired) electrons. The smallest absolute Gasteiger partial charge is 0.379 e. The molecule has 0 spiro atoms. The maximum Gasteiger partial charge on any atom is 0.408 e. The number of alkyl halides is 3. The third kappa shape index (κ3) is 5.97. The highest BCUT2D eigenvalue weighted by Crippen LogP contribution is 2.47. The Morgan fingerprint density at radius 3 is 2.61 bits per heavy atom. The molecule has 1 saturated heterocycles. The van der Waals surface area contributed by atoms with Crippen LogP contribution in [0, 0.1) is 0 Å². The number of hydrogen-bond donors (Lipinski definition) is 0. The quantitative estimate of drug-likeness (QED) is 0.334. The van der Waals surface area contributed by atoms with Crippen LogP contribution in [0.3, 0.4) is 0 Å². The summed E-state index contributed by atoms with van der Waals surface area (Å²) in [7, 11) is -0.185. The van der Waals surface area contributed by atoms with Crippen molar-refractivity contribution in [2.45, 2.75) is 38.3 Å². The summed E-state index contributed by atoms with van der Waals surface area (Å²) in [6, 6.07) is 10.8. The number of carbonyl (C=O) groups is 1. The van der Waals surface area contributed by atoms with Crippen LogP contribution in [0.4, 0.5) is 13.2 Å². The summed E-state index contributed by atoms with van der Waals surface area (Å²) >= 11 is 0. The van der Waals surface area contributed by atoms with E-state index in [-0.39, 0.29) is 15.1 Å². The van der Waals surface area contributed by atoms with Gasteiger partial charge in [-0.1, -0.05) is 43.7 Å². The molecule has 36 heavy (non-hydrogen) atoms. The van der Waals surface area contributed by atoms with E-state index in [1.54, 1.807) is 18.2 Å². The molecule has 6 nitrogen and oxygen atoms in total. The Labute approximate surface area is 210 Å². The minimum atomic E-state index is -4.63. The van der Waals surface area contributed by atoms with Crippen LogP contribution in [-0.4, -0.2) is 68.0 Å². The molecule has 1 atom stereocenters. The predicted octanol–water partition coefficient (Wildman–Crippen LogP) is 4.71. The molecule has 1 aliphatic carbocycles. The number of carbonyl (C=O) groups excluding carboxylic acids is 1. The van der Waals surface area contributed by atoms with E-state index < -0.39 is 24.5 Å². The number of hydroxylamine groups is 2. The molecule has 2 aromatic rings. The van der Waals surface area contributed by atoms with Gasteiger partial charge >= 0.3 is 6.18 Å². The summed E-state index contributed by atoms with van der Waals surface area (Å²) in [5.74, 6) is -1.73. The van der Waals surface area contributed by atoms with E-state index in [2.05, 4.69) is 0 Å². The molecule has 2 aliphatic rings. The number of amides is 1. The Hall–Kier alpha value is -2.32. The third-order valence-electron chi connectivity index (χ3n) is 6.64. The fourth-order valence-electron chi connectivity index (χ4n) is 4.92. The highest BCUT2D eigenvalue weighted by Gasteiger charge is 2.42. The second-order valence-corrected chi connectivity index (χ2v) is 9.68. The Bertz CT molecular complexity index is 1090. The molecule has 2 aromatic carbocycles. The zero-order valence-electron chi connectivity index (χ0n) is 20.2. The Morgan fingerprint density at radius 1 is 1.17 bits per heavy atom. The van der Waals surface area contributed by atoms with Crippen LogP contribution in [0.2, 0.25) is 0 Å². The average Bonchev–Trinajstić information content (AvgIpc) is 3.20. The number of unbranched alkanes of at least 4 members (excludes halogenated alkanes) is 1. The number of hydrogen-bond acceptors (Lipinski definition) is 5. The first-order valence-corrected chi connectivity index (χ1v) is 13.0. The summed E-state index contributed by atoms with van der Waals surface area (Å²) in [5.41, 5.74) is 3.64. The number of ether oxygens (including phenoxy) is 1. The number of nitrogens with zero attached hydrogens (tertiary/aromatic N) is 2. The zero-order valence-corrected chi connectivity index (χ0v) is 21.1. The molecule has 1 unspecified atom stereocenters. The van der Waals surface area contributed by atoms with Gasteiger partial charge in [-0.25, -0.2) is 5.06 Å². The summed E-state index contributed by atoms with van der Waals surface area (Å²) in [4.78, 5) is 21.4. The zero-order chi connectivity index (χ0) is 25.7. The summed E-state index contributed by atoms with van der Waals surface area (Å²) < 4.78 is 57.9. The van der Waals surface area contributed by atoms with Gasteiger partial charge in [-0.15, -0.1) is 0 Å². The fourth-order valence-corrected chi connectivity index (χ4v) is 5.40. The summed E-state index contributed by atoms with van der Waals surface area (Å²) in [6.45, 7) is 3.31. The Kier molecular flexibility index (Phi) is 8.78. The Morgan fingerprint density at radius 2 is 1.92 bits per heavy atom. The normalized spacial score (nSPS) is 17.7. The summed E-state index contributed by atoms with van der Waals surface area (Å²) in [5, 5.41) is 1.03. The van der Waals surface area contributed by atoms with E-state index in [0.717, 1.165) is 29.5 Å². The first kappa shape index (κ1) is 26.7. The largest absolute Gasteiger partial charge is 0.408 e. The van der Waals surface area contributed by atoms with Gasteiger partial charge in [0.2, 0.25) is 0 Å². The lowest BCUT2D eigenvalue weighted by Crippen LogP contribution is -2.44. The van der Waals surface area contributed by atoms with Crippen molar-refractivity contribution >= 4 is 19.7 Å². The number of benzene rings is 2. The van der Waals surface area contributed by atoms with Gasteiger partial charge in [0.25, 0.3) is 5.91 Å². The van der Waals surface area contributed by atoms with Crippen LogP contribution in [0.5, 0.6) is 0 Å². The van der Waals surface area contributed by atoms with Gasteiger partial charge in [0, 0.05) is 24.9 Å². The van der Waals surface area contributed by atoms with Crippen molar-refractivity contribution in [1.29, 1.82) is 0 Å². The van der Waals surface area contributed by atoms with E-state index in [4.69, 9.17) is 9.57 Å². The minimum absolute atomic E-state index is 0.0506. The number of rotatable bonds is 10. The highest BCUT2D eigenvalue weighted by molar-refractivity contribution is 7.34. The van der Waals surface area contributed by atoms with Crippen LogP contribution in [0.15, 0.2) is 36.4 Å². The fraction of sp³-hybridized carbons (Fsp3) is 0.500. The van der Waals surface area contributed by atoms with Crippen molar-refractivity contribution in [1.82, 2.24) is 9.96 Å². The van der Waals surface area contributed by atoms with Crippen molar-refractivity contribution < 1.29 is 32.1 Å². The maximum absolute atomic E-state index is 13.8. The van der Waals surface area contributed by atoms with E-state index in [1.165, 1.54) is 0 Å². The highest BCUT2D eigenvalue weighted by atomic mass is 31.1. The van der Waals surface area contributed by atoms with Crippen molar-refractivity contribution in [2.24, 2.45) is 0 Å². The van der Waals surface area contributed by atoms with Crippen molar-refractivity contribution in [3.63, 3.8) is 0 Å². The lowest BCUT2D eigenvalue weighted by atomic mass is 9.89. The van der Waals surface area contributed by atoms with E-state index >= 15 is 0 Å². The number of morpholine rings is 1. The van der Waals surface area contributed by atoms with Gasteiger partial charge in [-0.05, 0) is 46.7 Å². The van der Waals surface area contributed by atoms with Crippen molar-refractivity contribution in [3.8, 4) is 11.1 Å². The maximum atomic E-state index is 13.8. The average molecular weight is 523 g/mol. The molecule has 194 valence electrons. The predicted molar refractivity (Wildman–Crippen MR) is 131 cm³/mol.